The van der Waals surface area contributed by atoms with E-state index in [1.54, 1.807) is 0 Å². The van der Waals surface area contributed by atoms with E-state index in [1.807, 2.05) is 0 Å². The summed E-state index contributed by atoms with van der Waals surface area (Å²) in [6.45, 7) is 4.27. The van der Waals surface area contributed by atoms with Crippen molar-refractivity contribution in [3.05, 3.63) is 23.5 Å². The van der Waals surface area contributed by atoms with E-state index in [1.165, 1.54) is 11.4 Å². The normalized spacial score (nSPS) is 29.4. The second-order valence-electron chi connectivity index (χ2n) is 2.79. The Balaban J connectivity index is 2.27. The van der Waals surface area contributed by atoms with Gasteiger partial charge in [0.05, 0.1) is 6.04 Å². The summed E-state index contributed by atoms with van der Waals surface area (Å²) in [5.74, 6) is 1.17. The molecule has 3 nitrogen and oxygen atoms in total. The zero-order valence-electron chi connectivity index (χ0n) is 6.18. The van der Waals surface area contributed by atoms with Crippen LogP contribution in [-0.4, -0.2) is 11.1 Å². The predicted molar refractivity (Wildman–Crippen MR) is 39.4 cm³/mol. The van der Waals surface area contributed by atoms with Crippen LogP contribution in [0.5, 0.6) is 0 Å². The fourth-order valence-electron chi connectivity index (χ4n) is 1.33. The minimum atomic E-state index is 0.473. The molecule has 54 valence electrons. The van der Waals surface area contributed by atoms with Gasteiger partial charge in [-0.05, 0) is 25.5 Å². The molecule has 1 fully saturated rings. The molecule has 2 N–H and O–H groups in total. The SMILES string of the molecule is CC1=CC(C)N2NNC2=C1. The zero-order valence-corrected chi connectivity index (χ0v) is 6.18. The van der Waals surface area contributed by atoms with Gasteiger partial charge in [0.15, 0.2) is 0 Å². The van der Waals surface area contributed by atoms with Crippen molar-refractivity contribution in [3.63, 3.8) is 0 Å². The fraction of sp³-hybridized carbons (Fsp3) is 0.429. The second-order valence-corrected chi connectivity index (χ2v) is 2.79. The number of allylic oxidation sites excluding steroid dienone is 2. The summed E-state index contributed by atoms with van der Waals surface area (Å²) in [7, 11) is 0. The first kappa shape index (κ1) is 5.80. The minimum Gasteiger partial charge on any atom is -0.288 e. The highest BCUT2D eigenvalue weighted by Crippen LogP contribution is 2.19. The van der Waals surface area contributed by atoms with E-state index in [9.17, 15) is 0 Å². The lowest BCUT2D eigenvalue weighted by Gasteiger charge is -2.43. The lowest BCUT2D eigenvalue weighted by atomic mass is 10.1. The molecule has 2 rings (SSSR count). The Kier molecular flexibility index (Phi) is 1.02. The molecular formula is C7H11N3. The van der Waals surface area contributed by atoms with Gasteiger partial charge in [-0.2, -0.15) is 0 Å². The van der Waals surface area contributed by atoms with E-state index in [4.69, 9.17) is 0 Å². The van der Waals surface area contributed by atoms with Crippen molar-refractivity contribution in [1.29, 1.82) is 0 Å². The standard InChI is InChI=1S/C7H11N3/c1-5-3-6(2)10-7(4-5)8-9-10/h3-4,6,8-9H,1-2H3. The van der Waals surface area contributed by atoms with Gasteiger partial charge in [-0.1, -0.05) is 6.08 Å². The molecule has 0 spiro atoms. The molecule has 0 radical (unpaired) electrons. The van der Waals surface area contributed by atoms with Crippen LogP contribution in [0.2, 0.25) is 0 Å². The van der Waals surface area contributed by atoms with Crippen LogP contribution in [0, 0.1) is 0 Å². The van der Waals surface area contributed by atoms with E-state index in [-0.39, 0.29) is 0 Å². The van der Waals surface area contributed by atoms with Gasteiger partial charge in [0, 0.05) is 0 Å². The fourth-order valence-corrected chi connectivity index (χ4v) is 1.33. The van der Waals surface area contributed by atoms with E-state index < -0.39 is 0 Å². The van der Waals surface area contributed by atoms with Crippen LogP contribution >= 0.6 is 0 Å². The quantitative estimate of drug-likeness (QED) is 0.509. The van der Waals surface area contributed by atoms with E-state index in [0.29, 0.717) is 6.04 Å². The number of hydrazine groups is 2. The summed E-state index contributed by atoms with van der Waals surface area (Å²) < 4.78 is 0. The maximum Gasteiger partial charge on any atom is 0.134 e. The molecule has 2 aliphatic heterocycles. The monoisotopic (exact) mass is 137 g/mol. The Morgan fingerprint density at radius 2 is 2.40 bits per heavy atom. The van der Waals surface area contributed by atoms with E-state index >= 15 is 0 Å². The summed E-state index contributed by atoms with van der Waals surface area (Å²) in [6.07, 6.45) is 4.34. The Morgan fingerprint density at radius 1 is 1.60 bits per heavy atom. The third kappa shape index (κ3) is 0.640. The van der Waals surface area contributed by atoms with Crippen LogP contribution in [0.25, 0.3) is 0 Å². The second kappa shape index (κ2) is 1.76. The van der Waals surface area contributed by atoms with Gasteiger partial charge in [0.2, 0.25) is 0 Å². The van der Waals surface area contributed by atoms with Gasteiger partial charge in [-0.3, -0.25) is 10.4 Å². The van der Waals surface area contributed by atoms with Gasteiger partial charge in [-0.25, -0.2) is 0 Å². The summed E-state index contributed by atoms with van der Waals surface area (Å²) in [5.41, 5.74) is 7.32. The van der Waals surface area contributed by atoms with Crippen LogP contribution in [0.15, 0.2) is 23.5 Å². The zero-order chi connectivity index (χ0) is 7.14. The predicted octanol–water partition coefficient (Wildman–Crippen LogP) is 0.501. The molecule has 1 unspecified atom stereocenters. The molecule has 2 heterocycles. The van der Waals surface area contributed by atoms with Crippen LogP contribution in [-0.2, 0) is 0 Å². The van der Waals surface area contributed by atoms with Crippen molar-refractivity contribution >= 4 is 0 Å². The summed E-state index contributed by atoms with van der Waals surface area (Å²) in [6, 6.07) is 0.473. The van der Waals surface area contributed by atoms with Crippen molar-refractivity contribution in [2.75, 3.05) is 0 Å². The van der Waals surface area contributed by atoms with Crippen molar-refractivity contribution in [1.82, 2.24) is 16.0 Å². The van der Waals surface area contributed by atoms with Crippen LogP contribution in [0.3, 0.4) is 0 Å². The van der Waals surface area contributed by atoms with Gasteiger partial charge in [-0.15, -0.1) is 5.53 Å². The molecule has 0 amide bonds. The Morgan fingerprint density at radius 3 is 2.90 bits per heavy atom. The van der Waals surface area contributed by atoms with Gasteiger partial charge >= 0.3 is 0 Å². The van der Waals surface area contributed by atoms with Crippen molar-refractivity contribution in [2.45, 2.75) is 19.9 Å². The average molecular weight is 137 g/mol. The molecule has 10 heavy (non-hydrogen) atoms. The molecule has 0 aromatic rings. The molecule has 0 aromatic carbocycles. The highest BCUT2D eigenvalue weighted by Gasteiger charge is 2.25. The molecule has 0 aromatic heterocycles. The smallest absolute Gasteiger partial charge is 0.134 e. The van der Waals surface area contributed by atoms with Crippen molar-refractivity contribution < 1.29 is 0 Å². The van der Waals surface area contributed by atoms with Gasteiger partial charge < -0.3 is 0 Å². The minimum absolute atomic E-state index is 0.473. The van der Waals surface area contributed by atoms with Crippen LogP contribution in [0.1, 0.15) is 13.8 Å². The lowest BCUT2D eigenvalue weighted by Crippen LogP contribution is -2.64. The summed E-state index contributed by atoms with van der Waals surface area (Å²) >= 11 is 0. The molecule has 0 bridgehead atoms. The molecule has 0 saturated carbocycles. The van der Waals surface area contributed by atoms with E-state index in [2.05, 4.69) is 42.0 Å². The molecule has 1 atom stereocenters. The van der Waals surface area contributed by atoms with Gasteiger partial charge in [0.25, 0.3) is 0 Å². The molecule has 2 aliphatic rings. The number of nitrogens with zero attached hydrogens (tertiary/aromatic N) is 1. The number of hydrogen-bond acceptors (Lipinski definition) is 3. The van der Waals surface area contributed by atoms with Crippen molar-refractivity contribution in [3.8, 4) is 0 Å². The summed E-state index contributed by atoms with van der Waals surface area (Å²) in [5, 5.41) is 2.09. The summed E-state index contributed by atoms with van der Waals surface area (Å²) in [4.78, 5) is 0. The van der Waals surface area contributed by atoms with Gasteiger partial charge in [0.1, 0.15) is 5.82 Å². The van der Waals surface area contributed by atoms with Crippen molar-refractivity contribution in [2.24, 2.45) is 0 Å². The molecule has 3 heteroatoms. The number of hydrogen-bond donors (Lipinski definition) is 2. The Bertz CT molecular complexity index is 217. The lowest BCUT2D eigenvalue weighted by molar-refractivity contribution is 0.0735. The number of nitrogens with one attached hydrogen (secondary N) is 2. The maximum atomic E-state index is 3.00. The molecule has 0 aliphatic carbocycles. The highest BCUT2D eigenvalue weighted by molar-refractivity contribution is 5.28. The third-order valence-corrected chi connectivity index (χ3v) is 1.84. The largest absolute Gasteiger partial charge is 0.288 e. The number of fused-ring (bicyclic) bond motifs is 1. The van der Waals surface area contributed by atoms with E-state index in [0.717, 1.165) is 0 Å². The first-order valence-corrected chi connectivity index (χ1v) is 3.48. The topological polar surface area (TPSA) is 27.3 Å². The van der Waals surface area contributed by atoms with Crippen LogP contribution in [0.4, 0.5) is 0 Å². The van der Waals surface area contributed by atoms with Crippen LogP contribution < -0.4 is 11.0 Å². The Hall–Kier alpha value is -0.960. The molecular weight excluding hydrogens is 126 g/mol. The Labute approximate surface area is 60.3 Å². The first-order valence-electron chi connectivity index (χ1n) is 3.48. The highest BCUT2D eigenvalue weighted by atomic mass is 15.8. The third-order valence-electron chi connectivity index (χ3n) is 1.84. The number of rotatable bonds is 0. The maximum absolute atomic E-state index is 3.00. The molecule has 1 saturated heterocycles. The average Bonchev–Trinajstić information content (AvgIpc) is 1.77. The first-order chi connectivity index (χ1) is 4.77.